The highest BCUT2D eigenvalue weighted by molar-refractivity contribution is 5.27. The highest BCUT2D eigenvalue weighted by Gasteiger charge is 2.00. The van der Waals surface area contributed by atoms with Gasteiger partial charge in [0.1, 0.15) is 0 Å². The van der Waals surface area contributed by atoms with Gasteiger partial charge in [0.25, 0.3) is 0 Å². The van der Waals surface area contributed by atoms with Gasteiger partial charge in [-0.25, -0.2) is 0 Å². The number of aliphatic hydroxyl groups is 1. The van der Waals surface area contributed by atoms with Crippen LogP contribution in [0.15, 0.2) is 6.07 Å². The third kappa shape index (κ3) is 1.57. The van der Waals surface area contributed by atoms with Crippen molar-refractivity contribution in [2.24, 2.45) is 0 Å². The van der Waals surface area contributed by atoms with Crippen LogP contribution in [0.1, 0.15) is 22.5 Å². The molecule has 0 unspecified atom stereocenters. The van der Waals surface area contributed by atoms with Crippen molar-refractivity contribution in [2.75, 3.05) is 0 Å². The van der Waals surface area contributed by atoms with E-state index < -0.39 is 0 Å². The van der Waals surface area contributed by atoms with E-state index in [1.54, 1.807) is 0 Å². The first-order valence-corrected chi connectivity index (χ1v) is 3.69. The SMILES string of the molecule is Cc1cc(CO)c(C)nc1C. The number of aliphatic hydroxyl groups excluding tert-OH is 1. The third-order valence-corrected chi connectivity index (χ3v) is 1.93. The lowest BCUT2D eigenvalue weighted by atomic mass is 10.1. The molecule has 0 radical (unpaired) electrons. The lowest BCUT2D eigenvalue weighted by Gasteiger charge is -2.05. The predicted octanol–water partition coefficient (Wildman–Crippen LogP) is 1.50. The van der Waals surface area contributed by atoms with Crippen LogP contribution in [0.3, 0.4) is 0 Å². The Balaban J connectivity index is 3.21. The summed E-state index contributed by atoms with van der Waals surface area (Å²) in [5.41, 5.74) is 4.03. The number of pyridine rings is 1. The van der Waals surface area contributed by atoms with Crippen LogP contribution in [0.4, 0.5) is 0 Å². The third-order valence-electron chi connectivity index (χ3n) is 1.93. The van der Waals surface area contributed by atoms with Crippen LogP contribution in [-0.4, -0.2) is 10.1 Å². The smallest absolute Gasteiger partial charge is 0.0699 e. The summed E-state index contributed by atoms with van der Waals surface area (Å²) in [7, 11) is 0. The molecule has 2 heteroatoms. The second-order valence-corrected chi connectivity index (χ2v) is 2.79. The first-order chi connectivity index (χ1) is 5.15. The van der Waals surface area contributed by atoms with Crippen molar-refractivity contribution in [3.05, 3.63) is 28.6 Å². The van der Waals surface area contributed by atoms with Crippen LogP contribution in [0.2, 0.25) is 0 Å². The van der Waals surface area contributed by atoms with Crippen molar-refractivity contribution < 1.29 is 5.11 Å². The zero-order chi connectivity index (χ0) is 8.43. The van der Waals surface area contributed by atoms with Gasteiger partial charge >= 0.3 is 0 Å². The van der Waals surface area contributed by atoms with Gasteiger partial charge in [0.05, 0.1) is 6.61 Å². The minimum absolute atomic E-state index is 0.0833. The van der Waals surface area contributed by atoms with E-state index in [-0.39, 0.29) is 6.61 Å². The molecule has 11 heavy (non-hydrogen) atoms. The van der Waals surface area contributed by atoms with Crippen LogP contribution >= 0.6 is 0 Å². The van der Waals surface area contributed by atoms with Gasteiger partial charge in [-0.2, -0.15) is 0 Å². The molecular formula is C9H13NO. The molecule has 1 aromatic rings. The topological polar surface area (TPSA) is 33.1 Å². The summed E-state index contributed by atoms with van der Waals surface area (Å²) in [4.78, 5) is 4.28. The van der Waals surface area contributed by atoms with Crippen molar-refractivity contribution in [2.45, 2.75) is 27.4 Å². The van der Waals surface area contributed by atoms with Gasteiger partial charge in [-0.3, -0.25) is 4.98 Å². The highest BCUT2D eigenvalue weighted by Crippen LogP contribution is 2.10. The molecule has 1 heterocycles. The Morgan fingerprint density at radius 2 is 1.91 bits per heavy atom. The fraction of sp³-hybridized carbons (Fsp3) is 0.444. The Morgan fingerprint density at radius 3 is 2.45 bits per heavy atom. The van der Waals surface area contributed by atoms with E-state index in [1.165, 1.54) is 0 Å². The summed E-state index contributed by atoms with van der Waals surface area (Å²) in [6.07, 6.45) is 0. The molecule has 60 valence electrons. The van der Waals surface area contributed by atoms with Crippen molar-refractivity contribution in [1.29, 1.82) is 0 Å². The maximum atomic E-state index is 8.89. The van der Waals surface area contributed by atoms with Gasteiger partial charge in [-0.15, -0.1) is 0 Å². The van der Waals surface area contributed by atoms with Crippen LogP contribution in [0, 0.1) is 20.8 Å². The summed E-state index contributed by atoms with van der Waals surface area (Å²) in [5.74, 6) is 0. The first-order valence-electron chi connectivity index (χ1n) is 3.69. The molecule has 0 saturated heterocycles. The Bertz CT molecular complexity index is 269. The number of aromatic nitrogens is 1. The molecule has 0 amide bonds. The van der Waals surface area contributed by atoms with Crippen LogP contribution in [0.25, 0.3) is 0 Å². The van der Waals surface area contributed by atoms with E-state index in [1.807, 2.05) is 26.8 Å². The van der Waals surface area contributed by atoms with Gasteiger partial charge in [0, 0.05) is 11.4 Å². The van der Waals surface area contributed by atoms with E-state index in [4.69, 9.17) is 5.11 Å². The van der Waals surface area contributed by atoms with Crippen LogP contribution in [-0.2, 0) is 6.61 Å². The number of hydrogen-bond acceptors (Lipinski definition) is 2. The standard InChI is InChI=1S/C9H13NO/c1-6-4-9(5-11)8(3)10-7(6)2/h4,11H,5H2,1-3H3. The van der Waals surface area contributed by atoms with Crippen molar-refractivity contribution in [3.63, 3.8) is 0 Å². The molecule has 0 aliphatic rings. The molecular weight excluding hydrogens is 138 g/mol. The molecule has 0 aromatic carbocycles. The fourth-order valence-corrected chi connectivity index (χ4v) is 1.04. The zero-order valence-electron chi connectivity index (χ0n) is 7.18. The summed E-state index contributed by atoms with van der Waals surface area (Å²) in [6.45, 7) is 5.97. The lowest BCUT2D eigenvalue weighted by Crippen LogP contribution is -1.96. The quantitative estimate of drug-likeness (QED) is 0.659. The van der Waals surface area contributed by atoms with Crippen molar-refractivity contribution in [3.8, 4) is 0 Å². The summed E-state index contributed by atoms with van der Waals surface area (Å²) < 4.78 is 0. The molecule has 0 aliphatic carbocycles. The van der Waals surface area contributed by atoms with E-state index >= 15 is 0 Å². The maximum Gasteiger partial charge on any atom is 0.0699 e. The molecule has 0 spiro atoms. The fourth-order valence-electron chi connectivity index (χ4n) is 1.04. The number of hydrogen-bond donors (Lipinski definition) is 1. The molecule has 1 aromatic heterocycles. The van der Waals surface area contributed by atoms with Gasteiger partial charge in [0.2, 0.25) is 0 Å². The Hall–Kier alpha value is -0.890. The molecule has 1 N–H and O–H groups in total. The van der Waals surface area contributed by atoms with Gasteiger partial charge in [0.15, 0.2) is 0 Å². The molecule has 0 saturated carbocycles. The van der Waals surface area contributed by atoms with Crippen LogP contribution in [0.5, 0.6) is 0 Å². The second kappa shape index (κ2) is 3.01. The van der Waals surface area contributed by atoms with Gasteiger partial charge in [-0.1, -0.05) is 6.07 Å². The Kier molecular flexibility index (Phi) is 2.25. The minimum atomic E-state index is 0.0833. The predicted molar refractivity (Wildman–Crippen MR) is 44.4 cm³/mol. The normalized spacial score (nSPS) is 10.2. The van der Waals surface area contributed by atoms with Crippen molar-refractivity contribution >= 4 is 0 Å². The Labute approximate surface area is 66.9 Å². The zero-order valence-corrected chi connectivity index (χ0v) is 7.18. The average Bonchev–Trinajstić information content (AvgIpc) is 1.97. The highest BCUT2D eigenvalue weighted by atomic mass is 16.3. The Morgan fingerprint density at radius 1 is 1.27 bits per heavy atom. The molecule has 2 nitrogen and oxygen atoms in total. The van der Waals surface area contributed by atoms with E-state index in [9.17, 15) is 0 Å². The minimum Gasteiger partial charge on any atom is -0.392 e. The first kappa shape index (κ1) is 8.21. The molecule has 0 atom stereocenters. The van der Waals surface area contributed by atoms with E-state index in [0.717, 1.165) is 22.5 Å². The summed E-state index contributed by atoms with van der Waals surface area (Å²) in [6, 6.07) is 1.98. The molecule has 0 fully saturated rings. The van der Waals surface area contributed by atoms with E-state index in [0.29, 0.717) is 0 Å². The van der Waals surface area contributed by atoms with Crippen molar-refractivity contribution in [1.82, 2.24) is 4.98 Å². The monoisotopic (exact) mass is 151 g/mol. The number of rotatable bonds is 1. The van der Waals surface area contributed by atoms with E-state index in [2.05, 4.69) is 4.98 Å². The molecule has 1 rings (SSSR count). The summed E-state index contributed by atoms with van der Waals surface area (Å²) in [5, 5.41) is 8.89. The summed E-state index contributed by atoms with van der Waals surface area (Å²) >= 11 is 0. The van der Waals surface area contributed by atoms with Gasteiger partial charge in [-0.05, 0) is 31.9 Å². The number of aryl methyl sites for hydroxylation is 3. The molecule has 0 bridgehead atoms. The largest absolute Gasteiger partial charge is 0.392 e. The second-order valence-electron chi connectivity index (χ2n) is 2.79. The molecule has 0 aliphatic heterocycles. The number of nitrogens with zero attached hydrogens (tertiary/aromatic N) is 1. The average molecular weight is 151 g/mol. The van der Waals surface area contributed by atoms with Gasteiger partial charge < -0.3 is 5.11 Å². The maximum absolute atomic E-state index is 8.89. The van der Waals surface area contributed by atoms with Crippen LogP contribution < -0.4 is 0 Å². The lowest BCUT2D eigenvalue weighted by molar-refractivity contribution is 0.280.